The summed E-state index contributed by atoms with van der Waals surface area (Å²) in [6.45, 7) is 0.929. The van der Waals surface area contributed by atoms with Gasteiger partial charge in [0.1, 0.15) is 5.82 Å². The zero-order valence-corrected chi connectivity index (χ0v) is 12.5. The van der Waals surface area contributed by atoms with E-state index >= 15 is 0 Å². The van der Waals surface area contributed by atoms with Gasteiger partial charge in [0.25, 0.3) is 0 Å². The van der Waals surface area contributed by atoms with E-state index in [-0.39, 0.29) is 5.82 Å². The van der Waals surface area contributed by atoms with E-state index in [0.29, 0.717) is 35.3 Å². The maximum absolute atomic E-state index is 12.9. The van der Waals surface area contributed by atoms with Crippen LogP contribution >= 0.6 is 22.6 Å². The molecule has 1 N–H and O–H groups in total. The van der Waals surface area contributed by atoms with E-state index in [0.717, 1.165) is 0 Å². The van der Waals surface area contributed by atoms with Crippen LogP contribution in [0.4, 0.5) is 10.1 Å². The lowest BCUT2D eigenvalue weighted by Crippen LogP contribution is -2.33. The largest absolute Gasteiger partial charge is 0.381 e. The van der Waals surface area contributed by atoms with Gasteiger partial charge in [-0.3, -0.25) is 4.72 Å². The summed E-state index contributed by atoms with van der Waals surface area (Å²) in [4.78, 5) is 0. The summed E-state index contributed by atoms with van der Waals surface area (Å²) in [5, 5.41) is -0.438. The molecular weight excluding hydrogens is 372 g/mol. The summed E-state index contributed by atoms with van der Waals surface area (Å²) >= 11 is 1.91. The van der Waals surface area contributed by atoms with E-state index < -0.39 is 15.3 Å². The van der Waals surface area contributed by atoms with E-state index in [1.54, 1.807) is 0 Å². The van der Waals surface area contributed by atoms with Crippen LogP contribution in [0.2, 0.25) is 0 Å². The molecule has 18 heavy (non-hydrogen) atoms. The van der Waals surface area contributed by atoms with Gasteiger partial charge in [0.15, 0.2) is 0 Å². The molecule has 0 unspecified atom stereocenters. The molecule has 1 saturated heterocycles. The number of sulfonamides is 1. The summed E-state index contributed by atoms with van der Waals surface area (Å²) in [6, 6.07) is 3.97. The van der Waals surface area contributed by atoms with Gasteiger partial charge in [0.2, 0.25) is 10.0 Å². The molecule has 1 heterocycles. The third-order valence-corrected chi connectivity index (χ3v) is 5.54. The summed E-state index contributed by atoms with van der Waals surface area (Å²) < 4.78 is 45.4. The molecule has 0 spiro atoms. The van der Waals surface area contributed by atoms with Crippen molar-refractivity contribution in [3.05, 3.63) is 27.6 Å². The second-order valence-electron chi connectivity index (χ2n) is 4.08. The summed E-state index contributed by atoms with van der Waals surface area (Å²) in [5.41, 5.74) is 0.420. The first-order valence-corrected chi connectivity index (χ1v) is 8.16. The molecule has 0 amide bonds. The molecule has 0 bridgehead atoms. The molecule has 0 aliphatic carbocycles. The molecule has 100 valence electrons. The fourth-order valence-electron chi connectivity index (χ4n) is 1.80. The number of rotatable bonds is 3. The van der Waals surface area contributed by atoms with Crippen LogP contribution in [-0.4, -0.2) is 26.9 Å². The number of hydrogen-bond acceptors (Lipinski definition) is 3. The normalized spacial score (nSPS) is 17.7. The van der Waals surface area contributed by atoms with Gasteiger partial charge >= 0.3 is 0 Å². The van der Waals surface area contributed by atoms with E-state index in [9.17, 15) is 12.8 Å². The van der Waals surface area contributed by atoms with Crippen LogP contribution in [0.5, 0.6) is 0 Å². The minimum absolute atomic E-state index is 0.381. The highest BCUT2D eigenvalue weighted by Crippen LogP contribution is 2.23. The van der Waals surface area contributed by atoms with Gasteiger partial charge in [-0.15, -0.1) is 0 Å². The predicted molar refractivity (Wildman–Crippen MR) is 75.5 cm³/mol. The monoisotopic (exact) mass is 385 g/mol. The zero-order valence-electron chi connectivity index (χ0n) is 9.53. The Kier molecular flexibility index (Phi) is 4.44. The zero-order chi connectivity index (χ0) is 13.2. The van der Waals surface area contributed by atoms with Gasteiger partial charge in [-0.2, -0.15) is 0 Å². The minimum Gasteiger partial charge on any atom is -0.381 e. The SMILES string of the molecule is O=S(=O)(Nc1ccc(F)cc1I)C1CCOCC1. The Bertz CT molecular complexity index is 529. The van der Waals surface area contributed by atoms with Crippen molar-refractivity contribution < 1.29 is 17.5 Å². The standard InChI is InChI=1S/C11H13FINO3S/c12-8-1-2-11(10(13)7-8)14-18(15,16)9-3-5-17-6-4-9/h1-2,7,9,14H,3-6H2. The van der Waals surface area contributed by atoms with Crippen LogP contribution in [0.1, 0.15) is 12.8 Å². The van der Waals surface area contributed by atoms with Gasteiger partial charge in [0, 0.05) is 16.8 Å². The Morgan fingerprint density at radius 1 is 1.33 bits per heavy atom. The van der Waals surface area contributed by atoms with E-state index in [1.807, 2.05) is 22.6 Å². The number of benzene rings is 1. The van der Waals surface area contributed by atoms with Crippen molar-refractivity contribution in [2.24, 2.45) is 0 Å². The van der Waals surface area contributed by atoms with Crippen molar-refractivity contribution in [3.8, 4) is 0 Å². The second kappa shape index (κ2) is 5.70. The Balaban J connectivity index is 2.16. The molecule has 0 atom stereocenters. The molecule has 4 nitrogen and oxygen atoms in total. The third-order valence-electron chi connectivity index (χ3n) is 2.79. The van der Waals surface area contributed by atoms with Crippen molar-refractivity contribution in [2.75, 3.05) is 17.9 Å². The summed E-state index contributed by atoms with van der Waals surface area (Å²) in [5.74, 6) is -0.381. The van der Waals surface area contributed by atoms with Crippen LogP contribution in [0.25, 0.3) is 0 Å². The average Bonchev–Trinajstić information content (AvgIpc) is 2.34. The van der Waals surface area contributed by atoms with Crippen LogP contribution in [0.3, 0.4) is 0 Å². The fraction of sp³-hybridized carbons (Fsp3) is 0.455. The van der Waals surface area contributed by atoms with Gasteiger partial charge in [-0.05, 0) is 53.6 Å². The number of nitrogens with one attached hydrogen (secondary N) is 1. The van der Waals surface area contributed by atoms with Crippen molar-refractivity contribution in [3.63, 3.8) is 0 Å². The fourth-order valence-corrected chi connectivity index (χ4v) is 4.05. The second-order valence-corrected chi connectivity index (χ2v) is 7.21. The highest BCUT2D eigenvalue weighted by atomic mass is 127. The molecule has 0 aromatic heterocycles. The van der Waals surface area contributed by atoms with E-state index in [1.165, 1.54) is 18.2 Å². The molecule has 2 rings (SSSR count). The molecule has 0 radical (unpaired) electrons. The molecule has 1 aliphatic heterocycles. The predicted octanol–water partition coefficient (Wildman–Crippen LogP) is 2.35. The maximum atomic E-state index is 12.9. The van der Waals surface area contributed by atoms with Gasteiger partial charge in [-0.1, -0.05) is 0 Å². The molecule has 1 aromatic carbocycles. The first-order chi connectivity index (χ1) is 8.49. The van der Waals surface area contributed by atoms with Crippen molar-refractivity contribution in [1.29, 1.82) is 0 Å². The van der Waals surface area contributed by atoms with Crippen LogP contribution in [-0.2, 0) is 14.8 Å². The number of anilines is 1. The van der Waals surface area contributed by atoms with Gasteiger partial charge in [-0.25, -0.2) is 12.8 Å². The van der Waals surface area contributed by atoms with Gasteiger partial charge < -0.3 is 4.74 Å². The van der Waals surface area contributed by atoms with E-state index in [4.69, 9.17) is 4.74 Å². The van der Waals surface area contributed by atoms with Crippen LogP contribution in [0, 0.1) is 9.39 Å². The van der Waals surface area contributed by atoms with E-state index in [2.05, 4.69) is 4.72 Å². The lowest BCUT2D eigenvalue weighted by atomic mass is 10.2. The number of halogens is 2. The Morgan fingerprint density at radius 3 is 2.61 bits per heavy atom. The third kappa shape index (κ3) is 3.33. The molecular formula is C11H13FINO3S. The number of hydrogen-bond donors (Lipinski definition) is 1. The van der Waals surface area contributed by atoms with Gasteiger partial charge in [0.05, 0.1) is 10.9 Å². The van der Waals surface area contributed by atoms with Crippen molar-refractivity contribution >= 4 is 38.3 Å². The van der Waals surface area contributed by atoms with Crippen molar-refractivity contribution in [2.45, 2.75) is 18.1 Å². The van der Waals surface area contributed by atoms with Crippen molar-refractivity contribution in [1.82, 2.24) is 0 Å². The summed E-state index contributed by atoms with van der Waals surface area (Å²) in [6.07, 6.45) is 0.986. The van der Waals surface area contributed by atoms with Crippen LogP contribution in [0.15, 0.2) is 18.2 Å². The molecule has 7 heteroatoms. The molecule has 1 aliphatic rings. The molecule has 0 saturated carbocycles. The molecule has 1 aromatic rings. The van der Waals surface area contributed by atoms with Crippen LogP contribution < -0.4 is 4.72 Å². The maximum Gasteiger partial charge on any atom is 0.235 e. The topological polar surface area (TPSA) is 55.4 Å². The quantitative estimate of drug-likeness (QED) is 0.813. The highest BCUT2D eigenvalue weighted by Gasteiger charge is 2.28. The minimum atomic E-state index is -3.43. The first-order valence-electron chi connectivity index (χ1n) is 5.53. The Labute approximate surface area is 119 Å². The summed E-state index contributed by atoms with van der Waals surface area (Å²) in [7, 11) is -3.43. The smallest absolute Gasteiger partial charge is 0.235 e. The lowest BCUT2D eigenvalue weighted by molar-refractivity contribution is 0.0984. The average molecular weight is 385 g/mol. The first kappa shape index (κ1) is 14.0. The Hall–Kier alpha value is -0.410. The lowest BCUT2D eigenvalue weighted by Gasteiger charge is -2.23. The highest BCUT2D eigenvalue weighted by molar-refractivity contribution is 14.1. The Morgan fingerprint density at radius 2 is 2.00 bits per heavy atom. The molecule has 1 fully saturated rings. The number of ether oxygens (including phenoxy) is 1.